The lowest BCUT2D eigenvalue weighted by Gasteiger charge is -2.10. The van der Waals surface area contributed by atoms with Crippen molar-refractivity contribution in [2.45, 2.75) is 0 Å². The summed E-state index contributed by atoms with van der Waals surface area (Å²) in [5, 5.41) is 3.23. The fourth-order valence-corrected chi connectivity index (χ4v) is 2.87. The van der Waals surface area contributed by atoms with Crippen molar-refractivity contribution in [1.82, 2.24) is 9.97 Å². The Hall–Kier alpha value is -3.31. The van der Waals surface area contributed by atoms with E-state index in [-0.39, 0.29) is 12.5 Å². The smallest absolute Gasteiger partial charge is 0.262 e. The van der Waals surface area contributed by atoms with E-state index in [0.29, 0.717) is 22.3 Å². The first-order valence-corrected chi connectivity index (χ1v) is 8.79. The first-order chi connectivity index (χ1) is 13.2. The summed E-state index contributed by atoms with van der Waals surface area (Å²) in [6, 6.07) is 22.3. The van der Waals surface area contributed by atoms with E-state index < -0.39 is 0 Å². The van der Waals surface area contributed by atoms with Crippen molar-refractivity contribution >= 4 is 34.2 Å². The summed E-state index contributed by atoms with van der Waals surface area (Å²) in [4.78, 5) is 20.0. The molecule has 1 heterocycles. The Morgan fingerprint density at radius 2 is 1.81 bits per heavy atom. The summed E-state index contributed by atoms with van der Waals surface area (Å²) in [5.41, 5.74) is 3.17. The number of aromatic amines is 1. The van der Waals surface area contributed by atoms with Crippen molar-refractivity contribution in [3.8, 4) is 17.1 Å². The Kier molecular flexibility index (Phi) is 4.77. The van der Waals surface area contributed by atoms with Gasteiger partial charge in [-0.2, -0.15) is 0 Å². The molecule has 0 fully saturated rings. The van der Waals surface area contributed by atoms with Crippen LogP contribution in [-0.2, 0) is 4.79 Å². The van der Waals surface area contributed by atoms with Gasteiger partial charge in [0.1, 0.15) is 11.6 Å². The molecule has 0 aliphatic carbocycles. The Labute approximate surface area is 161 Å². The molecule has 0 aliphatic rings. The summed E-state index contributed by atoms with van der Waals surface area (Å²) in [6.45, 7) is -0.102. The van der Waals surface area contributed by atoms with E-state index >= 15 is 0 Å². The number of H-pyrrole nitrogens is 1. The van der Waals surface area contributed by atoms with Gasteiger partial charge in [-0.1, -0.05) is 41.9 Å². The van der Waals surface area contributed by atoms with Gasteiger partial charge in [0.05, 0.1) is 21.7 Å². The molecule has 0 atom stereocenters. The highest BCUT2D eigenvalue weighted by Crippen LogP contribution is 2.28. The number of halogens is 1. The van der Waals surface area contributed by atoms with E-state index in [1.54, 1.807) is 24.3 Å². The summed E-state index contributed by atoms with van der Waals surface area (Å²) >= 11 is 6.24. The third kappa shape index (κ3) is 3.93. The predicted molar refractivity (Wildman–Crippen MR) is 107 cm³/mol. The number of hydrogen-bond acceptors (Lipinski definition) is 3. The van der Waals surface area contributed by atoms with Gasteiger partial charge in [0.2, 0.25) is 0 Å². The molecule has 2 N–H and O–H groups in total. The standard InChI is InChI=1S/C21H16ClN3O2/c22-16-11-10-14(21-24-17-8-4-5-9-18(17)25-21)12-19(16)23-20(26)13-27-15-6-2-1-3-7-15/h1-12H,13H2,(H,23,26)(H,24,25). The average molecular weight is 378 g/mol. The van der Waals surface area contributed by atoms with E-state index in [4.69, 9.17) is 16.3 Å². The number of carbonyl (C=O) groups is 1. The molecule has 6 heteroatoms. The molecule has 0 unspecified atom stereocenters. The molecule has 4 aromatic rings. The molecule has 0 saturated heterocycles. The molecule has 134 valence electrons. The molecule has 5 nitrogen and oxygen atoms in total. The van der Waals surface area contributed by atoms with E-state index in [1.165, 1.54) is 0 Å². The lowest BCUT2D eigenvalue weighted by molar-refractivity contribution is -0.118. The lowest BCUT2D eigenvalue weighted by Crippen LogP contribution is -2.20. The summed E-state index contributed by atoms with van der Waals surface area (Å²) < 4.78 is 5.46. The predicted octanol–water partition coefficient (Wildman–Crippen LogP) is 4.90. The van der Waals surface area contributed by atoms with E-state index in [1.807, 2.05) is 48.5 Å². The highest BCUT2D eigenvalue weighted by atomic mass is 35.5. The molecular formula is C21H16ClN3O2. The summed E-state index contributed by atoms with van der Waals surface area (Å²) in [7, 11) is 0. The van der Waals surface area contributed by atoms with E-state index in [0.717, 1.165) is 16.6 Å². The molecule has 27 heavy (non-hydrogen) atoms. The maximum atomic E-state index is 12.2. The van der Waals surface area contributed by atoms with Gasteiger partial charge in [-0.15, -0.1) is 0 Å². The second kappa shape index (κ2) is 7.51. The zero-order valence-corrected chi connectivity index (χ0v) is 15.0. The fourth-order valence-electron chi connectivity index (χ4n) is 2.71. The summed E-state index contributed by atoms with van der Waals surface area (Å²) in [5.74, 6) is 1.06. The maximum absolute atomic E-state index is 12.2. The minimum absolute atomic E-state index is 0.102. The van der Waals surface area contributed by atoms with Crippen molar-refractivity contribution < 1.29 is 9.53 Å². The van der Waals surface area contributed by atoms with Crippen LogP contribution >= 0.6 is 11.6 Å². The van der Waals surface area contributed by atoms with E-state index in [2.05, 4.69) is 15.3 Å². The van der Waals surface area contributed by atoms with Gasteiger partial charge < -0.3 is 15.0 Å². The molecule has 0 aliphatic heterocycles. The number of benzene rings is 3. The zero-order chi connectivity index (χ0) is 18.6. The van der Waals surface area contributed by atoms with Crippen molar-refractivity contribution in [3.63, 3.8) is 0 Å². The second-order valence-corrected chi connectivity index (χ2v) is 6.35. The molecule has 0 radical (unpaired) electrons. The van der Waals surface area contributed by atoms with Crippen LogP contribution in [0.1, 0.15) is 0 Å². The van der Waals surface area contributed by atoms with Gasteiger partial charge in [0, 0.05) is 5.56 Å². The SMILES string of the molecule is O=C(COc1ccccc1)Nc1cc(-c2nc3ccccc3[nH]2)ccc1Cl. The largest absolute Gasteiger partial charge is 0.484 e. The Bertz CT molecular complexity index is 1060. The second-order valence-electron chi connectivity index (χ2n) is 5.95. The van der Waals surface area contributed by atoms with Crippen LogP contribution in [0.25, 0.3) is 22.4 Å². The first kappa shape index (κ1) is 17.1. The molecule has 4 rings (SSSR count). The number of ether oxygens (including phenoxy) is 1. The van der Waals surface area contributed by atoms with Crippen LogP contribution in [0.2, 0.25) is 5.02 Å². The first-order valence-electron chi connectivity index (χ1n) is 8.41. The maximum Gasteiger partial charge on any atom is 0.262 e. The third-order valence-electron chi connectivity index (χ3n) is 4.02. The average Bonchev–Trinajstić information content (AvgIpc) is 3.13. The van der Waals surface area contributed by atoms with Gasteiger partial charge in [0.25, 0.3) is 5.91 Å². The Morgan fingerprint density at radius 1 is 1.04 bits per heavy atom. The normalized spacial score (nSPS) is 10.7. The molecule has 0 saturated carbocycles. The number of anilines is 1. The minimum atomic E-state index is -0.289. The van der Waals surface area contributed by atoms with Crippen molar-refractivity contribution in [1.29, 1.82) is 0 Å². The summed E-state index contributed by atoms with van der Waals surface area (Å²) in [6.07, 6.45) is 0. The molecule has 1 amide bonds. The zero-order valence-electron chi connectivity index (χ0n) is 14.3. The number of para-hydroxylation sites is 3. The monoisotopic (exact) mass is 377 g/mol. The number of hydrogen-bond donors (Lipinski definition) is 2. The van der Waals surface area contributed by atoms with Crippen molar-refractivity contribution in [2.24, 2.45) is 0 Å². The van der Waals surface area contributed by atoms with Gasteiger partial charge >= 0.3 is 0 Å². The molecule has 0 bridgehead atoms. The number of nitrogens with one attached hydrogen (secondary N) is 2. The third-order valence-corrected chi connectivity index (χ3v) is 4.35. The molecule has 1 aromatic heterocycles. The minimum Gasteiger partial charge on any atom is -0.484 e. The van der Waals surface area contributed by atoms with Crippen LogP contribution in [0.3, 0.4) is 0 Å². The molecule has 3 aromatic carbocycles. The Balaban J connectivity index is 1.51. The van der Waals surface area contributed by atoms with Crippen LogP contribution in [0, 0.1) is 0 Å². The highest BCUT2D eigenvalue weighted by molar-refractivity contribution is 6.33. The fraction of sp³-hybridized carbons (Fsp3) is 0.0476. The quantitative estimate of drug-likeness (QED) is 0.519. The topological polar surface area (TPSA) is 67.0 Å². The molecule has 0 spiro atoms. The van der Waals surface area contributed by atoms with Crippen LogP contribution in [-0.4, -0.2) is 22.5 Å². The number of rotatable bonds is 5. The van der Waals surface area contributed by atoms with Crippen LogP contribution in [0.4, 0.5) is 5.69 Å². The number of nitrogens with zero attached hydrogens (tertiary/aromatic N) is 1. The van der Waals surface area contributed by atoms with Gasteiger partial charge in [-0.05, 0) is 42.5 Å². The van der Waals surface area contributed by atoms with Gasteiger partial charge in [-0.25, -0.2) is 4.98 Å². The van der Waals surface area contributed by atoms with Crippen LogP contribution in [0.5, 0.6) is 5.75 Å². The number of amides is 1. The van der Waals surface area contributed by atoms with Gasteiger partial charge in [0.15, 0.2) is 6.61 Å². The number of imidazole rings is 1. The lowest BCUT2D eigenvalue weighted by atomic mass is 10.2. The molecular weight excluding hydrogens is 362 g/mol. The van der Waals surface area contributed by atoms with E-state index in [9.17, 15) is 4.79 Å². The van der Waals surface area contributed by atoms with Gasteiger partial charge in [-0.3, -0.25) is 4.79 Å². The number of carbonyl (C=O) groups excluding carboxylic acids is 1. The van der Waals surface area contributed by atoms with Crippen molar-refractivity contribution in [2.75, 3.05) is 11.9 Å². The van der Waals surface area contributed by atoms with Crippen molar-refractivity contribution in [3.05, 3.63) is 77.8 Å². The Morgan fingerprint density at radius 3 is 2.63 bits per heavy atom. The highest BCUT2D eigenvalue weighted by Gasteiger charge is 2.11. The van der Waals surface area contributed by atoms with Crippen LogP contribution in [0.15, 0.2) is 72.8 Å². The number of aromatic nitrogens is 2. The van der Waals surface area contributed by atoms with Crippen LogP contribution < -0.4 is 10.1 Å². The number of fused-ring (bicyclic) bond motifs is 1.